The molecule has 0 bridgehead atoms. The molecule has 7 nitrogen and oxygen atoms in total. The van der Waals surface area contributed by atoms with E-state index in [1.807, 2.05) is 19.1 Å². The second kappa shape index (κ2) is 10.6. The predicted molar refractivity (Wildman–Crippen MR) is 154 cm³/mol. The van der Waals surface area contributed by atoms with Crippen molar-refractivity contribution in [1.82, 2.24) is 4.57 Å². The largest absolute Gasteiger partial charge is 0.416 e. The number of thioether (sulfide) groups is 1. The van der Waals surface area contributed by atoms with Crippen LogP contribution in [0.1, 0.15) is 27.5 Å². The van der Waals surface area contributed by atoms with Gasteiger partial charge in [0.05, 0.1) is 22.2 Å². The van der Waals surface area contributed by atoms with Crippen molar-refractivity contribution in [3.63, 3.8) is 0 Å². The topological polar surface area (TPSA) is 88.5 Å². The molecule has 214 valence electrons. The molecular weight excluding hydrogens is 587 g/mol. The summed E-state index contributed by atoms with van der Waals surface area (Å²) in [4.78, 5) is 54.7. The van der Waals surface area contributed by atoms with Gasteiger partial charge in [-0.05, 0) is 42.8 Å². The normalized spacial score (nSPS) is 19.9. The Labute approximate surface area is 246 Å². The number of fused-ring (bicyclic) bond motifs is 2. The highest BCUT2D eigenvalue weighted by atomic mass is 32.2. The SMILES string of the molecule is Cc1ccc(NC(=O)Cn2c3c(sc2=O)[C@@H](c2ccccc2)[C@@H]2C(=O)N(c4cccc(C(F)(F)F)c4)C(=O)[C@@H]2S3)cc1. The van der Waals surface area contributed by atoms with E-state index in [-0.39, 0.29) is 12.2 Å². The molecule has 6 rings (SSSR count). The molecule has 3 aromatic carbocycles. The first-order valence-electron chi connectivity index (χ1n) is 12.9. The molecule has 3 atom stereocenters. The molecule has 0 radical (unpaired) electrons. The number of rotatable bonds is 5. The summed E-state index contributed by atoms with van der Waals surface area (Å²) in [6.07, 6.45) is -4.66. The van der Waals surface area contributed by atoms with Gasteiger partial charge in [-0.2, -0.15) is 13.2 Å². The zero-order chi connectivity index (χ0) is 29.8. The number of hydrogen-bond acceptors (Lipinski definition) is 6. The van der Waals surface area contributed by atoms with Gasteiger partial charge < -0.3 is 5.32 Å². The van der Waals surface area contributed by atoms with Gasteiger partial charge in [-0.3, -0.25) is 23.7 Å². The Bertz CT molecular complexity index is 1770. The Morgan fingerprint density at radius 1 is 0.929 bits per heavy atom. The van der Waals surface area contributed by atoms with Crippen LogP contribution in [-0.4, -0.2) is 27.5 Å². The van der Waals surface area contributed by atoms with Crippen LogP contribution < -0.4 is 15.1 Å². The maximum absolute atomic E-state index is 13.9. The summed E-state index contributed by atoms with van der Waals surface area (Å²) >= 11 is 1.90. The first-order valence-corrected chi connectivity index (χ1v) is 14.6. The molecule has 1 N–H and O–H groups in total. The van der Waals surface area contributed by atoms with Crippen LogP contribution in [0.4, 0.5) is 24.5 Å². The smallest absolute Gasteiger partial charge is 0.325 e. The third-order valence-electron chi connectivity index (χ3n) is 7.28. The van der Waals surface area contributed by atoms with Crippen molar-refractivity contribution in [1.29, 1.82) is 0 Å². The number of thiazole rings is 1. The number of alkyl halides is 3. The summed E-state index contributed by atoms with van der Waals surface area (Å²) in [5.41, 5.74) is 1.11. The molecule has 0 aliphatic carbocycles. The van der Waals surface area contributed by atoms with Crippen molar-refractivity contribution in [3.05, 3.63) is 110 Å². The number of nitrogens with one attached hydrogen (secondary N) is 1. The van der Waals surface area contributed by atoms with E-state index < -0.39 is 51.4 Å². The van der Waals surface area contributed by atoms with Crippen LogP contribution >= 0.6 is 23.1 Å². The van der Waals surface area contributed by atoms with E-state index in [0.717, 1.165) is 51.8 Å². The van der Waals surface area contributed by atoms with Crippen LogP contribution in [0.3, 0.4) is 0 Å². The molecule has 0 saturated carbocycles. The third kappa shape index (κ3) is 4.94. The molecule has 2 aliphatic heterocycles. The zero-order valence-corrected chi connectivity index (χ0v) is 23.6. The summed E-state index contributed by atoms with van der Waals surface area (Å²) in [6.45, 7) is 1.60. The van der Waals surface area contributed by atoms with Crippen LogP contribution in [0.15, 0.2) is 88.7 Å². The minimum atomic E-state index is -4.66. The average molecular weight is 610 g/mol. The molecule has 4 aromatic rings. The van der Waals surface area contributed by atoms with E-state index >= 15 is 0 Å². The highest BCUT2D eigenvalue weighted by molar-refractivity contribution is 8.00. The molecule has 0 spiro atoms. The van der Waals surface area contributed by atoms with Gasteiger partial charge >= 0.3 is 11.0 Å². The van der Waals surface area contributed by atoms with Crippen molar-refractivity contribution in [2.75, 3.05) is 10.2 Å². The second-order valence-corrected chi connectivity index (χ2v) is 12.2. The maximum atomic E-state index is 13.9. The van der Waals surface area contributed by atoms with Crippen LogP contribution in [0, 0.1) is 12.8 Å². The molecule has 0 unspecified atom stereocenters. The second-order valence-electron chi connectivity index (χ2n) is 10.1. The molecular formula is C30H22F3N3O4S2. The summed E-state index contributed by atoms with van der Waals surface area (Å²) in [5, 5.41) is 2.15. The van der Waals surface area contributed by atoms with Gasteiger partial charge in [-0.1, -0.05) is 77.2 Å². The number of anilines is 2. The van der Waals surface area contributed by atoms with Crippen molar-refractivity contribution in [2.45, 2.75) is 35.8 Å². The monoisotopic (exact) mass is 609 g/mol. The number of carbonyl (C=O) groups excluding carboxylic acids is 3. The fraction of sp³-hybridized carbons (Fsp3) is 0.200. The van der Waals surface area contributed by atoms with Crippen molar-refractivity contribution in [2.24, 2.45) is 5.92 Å². The Morgan fingerprint density at radius 3 is 2.33 bits per heavy atom. The van der Waals surface area contributed by atoms with Gasteiger partial charge in [0.1, 0.15) is 11.8 Å². The number of imide groups is 1. The Balaban J connectivity index is 1.39. The number of hydrogen-bond donors (Lipinski definition) is 1. The molecule has 1 fully saturated rings. The molecule has 1 aromatic heterocycles. The number of aryl methyl sites for hydroxylation is 1. The van der Waals surface area contributed by atoms with Crippen molar-refractivity contribution >= 4 is 52.2 Å². The van der Waals surface area contributed by atoms with Gasteiger partial charge in [-0.15, -0.1) is 0 Å². The molecule has 1 saturated heterocycles. The van der Waals surface area contributed by atoms with E-state index in [1.54, 1.807) is 42.5 Å². The Kier molecular flexibility index (Phi) is 7.06. The summed E-state index contributed by atoms with van der Waals surface area (Å²) in [5.74, 6) is -3.42. The van der Waals surface area contributed by atoms with Crippen LogP contribution in [0.25, 0.3) is 0 Å². The zero-order valence-electron chi connectivity index (χ0n) is 21.9. The van der Waals surface area contributed by atoms with Crippen LogP contribution in [0.2, 0.25) is 0 Å². The quantitative estimate of drug-likeness (QED) is 0.295. The Morgan fingerprint density at radius 2 is 1.64 bits per heavy atom. The molecule has 3 amide bonds. The average Bonchev–Trinajstić information content (AvgIpc) is 3.40. The van der Waals surface area contributed by atoms with E-state index in [4.69, 9.17) is 0 Å². The first-order chi connectivity index (χ1) is 20.0. The molecule has 3 heterocycles. The summed E-state index contributed by atoms with van der Waals surface area (Å²) < 4.78 is 41.7. The lowest BCUT2D eigenvalue weighted by Crippen LogP contribution is -2.33. The van der Waals surface area contributed by atoms with Gasteiger partial charge in [0.25, 0.3) is 0 Å². The lowest BCUT2D eigenvalue weighted by atomic mass is 9.83. The van der Waals surface area contributed by atoms with E-state index in [1.165, 1.54) is 10.6 Å². The Hall–Kier alpha value is -4.16. The van der Waals surface area contributed by atoms with Gasteiger partial charge in [-0.25, -0.2) is 4.90 Å². The lowest BCUT2D eigenvalue weighted by Gasteiger charge is -2.30. The minimum absolute atomic E-state index is 0.167. The number of amides is 3. The highest BCUT2D eigenvalue weighted by Gasteiger charge is 2.57. The number of aromatic nitrogens is 1. The minimum Gasteiger partial charge on any atom is -0.325 e. The summed E-state index contributed by atoms with van der Waals surface area (Å²) in [6, 6.07) is 20.2. The van der Waals surface area contributed by atoms with E-state index in [9.17, 15) is 32.3 Å². The standard InChI is InChI=1S/C30H22F3N3O4S2/c1-16-10-12-19(13-11-16)34-21(37)15-35-28-25(42-29(35)40)22(17-6-3-2-4-7-17)23-24(41-28)27(39)36(26(23)38)20-9-5-8-18(14-20)30(31,32)33/h2-14,22-24H,15H2,1H3,(H,34,37)/t22-,23-,24+/m0/s1. The molecule has 2 aliphatic rings. The van der Waals surface area contributed by atoms with Crippen LogP contribution in [-0.2, 0) is 27.1 Å². The first kappa shape index (κ1) is 28.0. The fourth-order valence-corrected chi connectivity index (χ4v) is 8.10. The number of halogens is 3. The molecule has 42 heavy (non-hydrogen) atoms. The third-order valence-corrected chi connectivity index (χ3v) is 9.88. The lowest BCUT2D eigenvalue weighted by molar-refractivity contribution is -0.137. The molecule has 12 heteroatoms. The fourth-order valence-electron chi connectivity index (χ4n) is 5.33. The van der Waals surface area contributed by atoms with E-state index in [0.29, 0.717) is 21.2 Å². The predicted octanol–water partition coefficient (Wildman–Crippen LogP) is 5.67. The van der Waals surface area contributed by atoms with Gasteiger partial charge in [0.15, 0.2) is 0 Å². The maximum Gasteiger partial charge on any atom is 0.416 e. The van der Waals surface area contributed by atoms with Crippen LogP contribution in [0.5, 0.6) is 0 Å². The van der Waals surface area contributed by atoms with E-state index in [2.05, 4.69) is 5.32 Å². The number of carbonyl (C=O) groups is 3. The number of nitrogens with zero attached hydrogens (tertiary/aromatic N) is 2. The van der Waals surface area contributed by atoms with Crippen molar-refractivity contribution in [3.8, 4) is 0 Å². The van der Waals surface area contributed by atoms with Crippen molar-refractivity contribution < 1.29 is 27.6 Å². The summed E-state index contributed by atoms with van der Waals surface area (Å²) in [7, 11) is 0. The van der Waals surface area contributed by atoms with Gasteiger partial charge in [0.2, 0.25) is 17.7 Å². The highest BCUT2D eigenvalue weighted by Crippen LogP contribution is 2.54. The van der Waals surface area contributed by atoms with Gasteiger partial charge in [0, 0.05) is 16.5 Å². The number of benzene rings is 3.